The zero-order chi connectivity index (χ0) is 21.8. The van der Waals surface area contributed by atoms with Crippen molar-refractivity contribution in [2.24, 2.45) is 0 Å². The molecule has 1 unspecified atom stereocenters. The van der Waals surface area contributed by atoms with Crippen LogP contribution in [0.2, 0.25) is 0 Å². The standard InChI is InChI=1S/C32H23N/c1-3-11-22(12-4-1)27-19-23-13-7-8-16-25(23)28-20-30-26-17-9-10-18-31(26)33(32(30)21-29(27)28)24-14-5-2-6-15-24/h1-18,20-21,27H,19H2. The van der Waals surface area contributed by atoms with Crippen molar-refractivity contribution in [3.05, 3.63) is 138 Å². The van der Waals surface area contributed by atoms with E-state index in [-0.39, 0.29) is 0 Å². The fraction of sp³-hybridized carbons (Fsp3) is 0.0625. The highest BCUT2D eigenvalue weighted by Gasteiger charge is 2.27. The monoisotopic (exact) mass is 421 g/mol. The smallest absolute Gasteiger partial charge is 0.0544 e. The zero-order valence-electron chi connectivity index (χ0n) is 18.3. The van der Waals surface area contributed by atoms with E-state index < -0.39 is 0 Å². The van der Waals surface area contributed by atoms with Gasteiger partial charge in [0.2, 0.25) is 0 Å². The van der Waals surface area contributed by atoms with Gasteiger partial charge in [-0.25, -0.2) is 0 Å². The predicted molar refractivity (Wildman–Crippen MR) is 138 cm³/mol. The Morgan fingerprint density at radius 3 is 2.09 bits per heavy atom. The molecule has 0 spiro atoms. The summed E-state index contributed by atoms with van der Waals surface area (Å²) < 4.78 is 2.42. The first-order valence-corrected chi connectivity index (χ1v) is 11.6. The van der Waals surface area contributed by atoms with Gasteiger partial charge in [-0.15, -0.1) is 0 Å². The Balaban J connectivity index is 1.61. The molecule has 0 saturated carbocycles. The van der Waals surface area contributed by atoms with Gasteiger partial charge >= 0.3 is 0 Å². The molecule has 1 aliphatic carbocycles. The van der Waals surface area contributed by atoms with Crippen LogP contribution in [0.4, 0.5) is 0 Å². The third-order valence-corrected chi connectivity index (χ3v) is 7.17. The van der Waals surface area contributed by atoms with Gasteiger partial charge in [-0.1, -0.05) is 91.0 Å². The molecule has 1 aromatic heterocycles. The van der Waals surface area contributed by atoms with Crippen LogP contribution in [0.5, 0.6) is 0 Å². The van der Waals surface area contributed by atoms with Gasteiger partial charge in [0.05, 0.1) is 11.0 Å². The van der Waals surface area contributed by atoms with Gasteiger partial charge < -0.3 is 4.57 Å². The molecule has 33 heavy (non-hydrogen) atoms. The van der Waals surface area contributed by atoms with Crippen molar-refractivity contribution in [3.8, 4) is 16.8 Å². The topological polar surface area (TPSA) is 4.93 Å². The summed E-state index contributed by atoms with van der Waals surface area (Å²) in [4.78, 5) is 0. The quantitative estimate of drug-likeness (QED) is 0.266. The van der Waals surface area contributed by atoms with E-state index in [1.54, 1.807) is 0 Å². The molecule has 6 aromatic rings. The van der Waals surface area contributed by atoms with Crippen LogP contribution in [0, 0.1) is 0 Å². The Morgan fingerprint density at radius 2 is 1.24 bits per heavy atom. The van der Waals surface area contributed by atoms with E-state index in [0.29, 0.717) is 5.92 Å². The number of rotatable bonds is 2. The Morgan fingerprint density at radius 1 is 0.545 bits per heavy atom. The second-order valence-electron chi connectivity index (χ2n) is 8.97. The highest BCUT2D eigenvalue weighted by molar-refractivity contribution is 6.11. The maximum absolute atomic E-state index is 2.46. The average molecular weight is 422 g/mol. The van der Waals surface area contributed by atoms with E-state index in [9.17, 15) is 0 Å². The molecule has 0 bridgehead atoms. The second kappa shape index (κ2) is 7.21. The van der Waals surface area contributed by atoms with Crippen molar-refractivity contribution in [1.29, 1.82) is 0 Å². The van der Waals surface area contributed by atoms with Crippen LogP contribution >= 0.6 is 0 Å². The van der Waals surface area contributed by atoms with Gasteiger partial charge in [0.1, 0.15) is 0 Å². The number of aromatic nitrogens is 1. The molecule has 1 heteroatoms. The summed E-state index contributed by atoms with van der Waals surface area (Å²) in [6.45, 7) is 0. The van der Waals surface area contributed by atoms with Crippen LogP contribution in [0.1, 0.15) is 22.6 Å². The van der Waals surface area contributed by atoms with Crippen LogP contribution in [-0.2, 0) is 6.42 Å². The van der Waals surface area contributed by atoms with E-state index in [1.807, 2.05) is 0 Å². The van der Waals surface area contributed by atoms with E-state index in [4.69, 9.17) is 0 Å². The molecule has 1 nitrogen and oxygen atoms in total. The van der Waals surface area contributed by atoms with E-state index >= 15 is 0 Å². The Labute approximate surface area is 193 Å². The van der Waals surface area contributed by atoms with Crippen molar-refractivity contribution in [2.75, 3.05) is 0 Å². The van der Waals surface area contributed by atoms with Crippen molar-refractivity contribution < 1.29 is 0 Å². The van der Waals surface area contributed by atoms with Gasteiger partial charge in [-0.05, 0) is 64.6 Å². The maximum Gasteiger partial charge on any atom is 0.0544 e. The lowest BCUT2D eigenvalue weighted by atomic mass is 9.75. The minimum absolute atomic E-state index is 0.350. The average Bonchev–Trinajstić information content (AvgIpc) is 3.21. The summed E-state index contributed by atoms with van der Waals surface area (Å²) in [5, 5.41) is 2.62. The first-order valence-electron chi connectivity index (χ1n) is 11.6. The molecule has 156 valence electrons. The molecule has 1 heterocycles. The first kappa shape index (κ1) is 18.5. The lowest BCUT2D eigenvalue weighted by molar-refractivity contribution is 0.795. The number of hydrogen-bond acceptors (Lipinski definition) is 0. The molecule has 0 radical (unpaired) electrons. The number of benzene rings is 5. The molecule has 0 aliphatic heterocycles. The van der Waals surface area contributed by atoms with E-state index in [2.05, 4.69) is 126 Å². The maximum atomic E-state index is 2.46. The normalized spacial score (nSPS) is 14.8. The van der Waals surface area contributed by atoms with Gasteiger partial charge in [-0.2, -0.15) is 0 Å². The van der Waals surface area contributed by atoms with Crippen molar-refractivity contribution in [3.63, 3.8) is 0 Å². The largest absolute Gasteiger partial charge is 0.309 e. The molecule has 0 N–H and O–H groups in total. The lowest BCUT2D eigenvalue weighted by Crippen LogP contribution is -2.13. The van der Waals surface area contributed by atoms with Gasteiger partial charge in [-0.3, -0.25) is 0 Å². The molecule has 0 amide bonds. The van der Waals surface area contributed by atoms with Crippen LogP contribution in [0.3, 0.4) is 0 Å². The summed E-state index contributed by atoms with van der Waals surface area (Å²) in [6, 6.07) is 44.3. The summed E-state index contributed by atoms with van der Waals surface area (Å²) >= 11 is 0. The van der Waals surface area contributed by atoms with Gasteiger partial charge in [0.15, 0.2) is 0 Å². The number of fused-ring (bicyclic) bond motifs is 6. The summed E-state index contributed by atoms with van der Waals surface area (Å²) in [6.07, 6.45) is 1.03. The highest BCUT2D eigenvalue weighted by atomic mass is 15.0. The molecular weight excluding hydrogens is 398 g/mol. The van der Waals surface area contributed by atoms with Gasteiger partial charge in [0, 0.05) is 22.4 Å². The molecule has 7 rings (SSSR count). The van der Waals surface area contributed by atoms with Crippen LogP contribution in [-0.4, -0.2) is 4.57 Å². The molecule has 0 saturated heterocycles. The van der Waals surface area contributed by atoms with Crippen LogP contribution in [0.25, 0.3) is 38.6 Å². The third-order valence-electron chi connectivity index (χ3n) is 7.17. The van der Waals surface area contributed by atoms with Crippen LogP contribution in [0.15, 0.2) is 121 Å². The van der Waals surface area contributed by atoms with Crippen molar-refractivity contribution in [2.45, 2.75) is 12.3 Å². The molecule has 1 aliphatic rings. The van der Waals surface area contributed by atoms with E-state index in [1.165, 1.54) is 55.3 Å². The van der Waals surface area contributed by atoms with E-state index in [0.717, 1.165) is 6.42 Å². The van der Waals surface area contributed by atoms with Gasteiger partial charge in [0.25, 0.3) is 0 Å². The Hall–Kier alpha value is -4.10. The number of para-hydroxylation sites is 2. The molecule has 0 fully saturated rings. The lowest BCUT2D eigenvalue weighted by Gasteiger charge is -2.29. The van der Waals surface area contributed by atoms with Crippen molar-refractivity contribution in [1.82, 2.24) is 4.57 Å². The summed E-state index contributed by atoms with van der Waals surface area (Å²) in [7, 11) is 0. The summed E-state index contributed by atoms with van der Waals surface area (Å²) in [5.41, 5.74) is 10.7. The minimum atomic E-state index is 0.350. The third kappa shape index (κ3) is 2.79. The SMILES string of the molecule is c1ccc(C2Cc3ccccc3-c3cc4c5ccccc5n(-c5ccccc5)c4cc32)cc1. The Kier molecular flexibility index (Phi) is 4.04. The molecule has 5 aromatic carbocycles. The summed E-state index contributed by atoms with van der Waals surface area (Å²) in [5.74, 6) is 0.350. The first-order chi connectivity index (χ1) is 16.4. The zero-order valence-corrected chi connectivity index (χ0v) is 18.3. The number of nitrogens with zero attached hydrogens (tertiary/aromatic N) is 1. The fourth-order valence-electron chi connectivity index (χ4n) is 5.68. The number of hydrogen-bond donors (Lipinski definition) is 0. The minimum Gasteiger partial charge on any atom is -0.309 e. The van der Waals surface area contributed by atoms with Crippen molar-refractivity contribution >= 4 is 21.8 Å². The predicted octanol–water partition coefficient (Wildman–Crippen LogP) is 8.14. The highest BCUT2D eigenvalue weighted by Crippen LogP contribution is 2.46. The molecular formula is C32H23N. The Bertz CT molecular complexity index is 1620. The van der Waals surface area contributed by atoms with Crippen LogP contribution < -0.4 is 0 Å². The fourth-order valence-corrected chi connectivity index (χ4v) is 5.68. The molecule has 1 atom stereocenters. The second-order valence-corrected chi connectivity index (χ2v) is 8.97.